The molecule has 3 heterocycles. The Kier molecular flexibility index (Phi) is 6.87. The number of hydrogen-bond acceptors (Lipinski definition) is 6. The van der Waals surface area contributed by atoms with Gasteiger partial charge in [-0.15, -0.1) is 0 Å². The number of esters is 1. The number of hydrogen-bond donors (Lipinski definition) is 0. The SMILES string of the molecule is CC.COC(=O)C1CCCCN1c1ccc2c(-c3ccccc3C)cc(=O)oc2n1. The van der Waals surface area contributed by atoms with Crippen LogP contribution >= 0.6 is 0 Å². The van der Waals surface area contributed by atoms with E-state index in [0.29, 0.717) is 12.4 Å². The lowest BCUT2D eigenvalue weighted by Crippen LogP contribution is -2.45. The lowest BCUT2D eigenvalue weighted by molar-refractivity contribution is -0.142. The lowest BCUT2D eigenvalue weighted by atomic mass is 9.98. The number of rotatable bonds is 3. The van der Waals surface area contributed by atoms with Gasteiger partial charge < -0.3 is 14.1 Å². The Bertz CT molecular complexity index is 1090. The van der Waals surface area contributed by atoms with E-state index in [4.69, 9.17) is 9.15 Å². The predicted molar refractivity (Wildman–Crippen MR) is 119 cm³/mol. The number of fused-ring (bicyclic) bond motifs is 1. The van der Waals surface area contributed by atoms with Crippen molar-refractivity contribution in [1.29, 1.82) is 0 Å². The summed E-state index contributed by atoms with van der Waals surface area (Å²) in [4.78, 5) is 30.9. The first-order valence-electron chi connectivity index (χ1n) is 10.4. The molecule has 30 heavy (non-hydrogen) atoms. The van der Waals surface area contributed by atoms with Gasteiger partial charge in [0, 0.05) is 23.6 Å². The monoisotopic (exact) mass is 408 g/mol. The number of nitrogens with zero attached hydrogens (tertiary/aromatic N) is 2. The molecule has 0 bridgehead atoms. The third-order valence-corrected chi connectivity index (χ3v) is 5.30. The zero-order valence-corrected chi connectivity index (χ0v) is 18.0. The Morgan fingerprint density at radius 3 is 2.63 bits per heavy atom. The summed E-state index contributed by atoms with van der Waals surface area (Å²) in [6, 6.07) is 12.8. The van der Waals surface area contributed by atoms with Crippen LogP contribution in [0.2, 0.25) is 0 Å². The van der Waals surface area contributed by atoms with Crippen molar-refractivity contribution in [1.82, 2.24) is 4.98 Å². The average Bonchev–Trinajstić information content (AvgIpc) is 2.79. The van der Waals surface area contributed by atoms with Crippen LogP contribution in [-0.4, -0.2) is 30.6 Å². The standard InChI is InChI=1S/C22H22N2O4.C2H6/c1-14-7-3-4-8-15(14)17-13-20(25)28-21-16(17)10-11-19(23-21)24-12-6-5-9-18(24)22(26)27-2;1-2/h3-4,7-8,10-11,13,18H,5-6,9,12H2,1-2H3;1-2H3. The number of aryl methyl sites for hydroxylation is 1. The second-order valence-corrected chi connectivity index (χ2v) is 7.04. The van der Waals surface area contributed by atoms with E-state index in [0.717, 1.165) is 41.3 Å². The molecule has 6 heteroatoms. The second kappa shape index (κ2) is 9.57. The van der Waals surface area contributed by atoms with Gasteiger partial charge in [0.1, 0.15) is 11.9 Å². The molecule has 1 unspecified atom stereocenters. The molecule has 1 atom stereocenters. The molecule has 6 nitrogen and oxygen atoms in total. The molecule has 1 aliphatic rings. The quantitative estimate of drug-likeness (QED) is 0.584. The molecule has 1 aliphatic heterocycles. The second-order valence-electron chi connectivity index (χ2n) is 7.04. The summed E-state index contributed by atoms with van der Waals surface area (Å²) in [5.41, 5.74) is 2.67. The van der Waals surface area contributed by atoms with E-state index in [1.54, 1.807) is 0 Å². The van der Waals surface area contributed by atoms with E-state index in [-0.39, 0.29) is 17.7 Å². The van der Waals surface area contributed by atoms with Gasteiger partial charge in [0.15, 0.2) is 0 Å². The maximum atomic E-state index is 12.2. The van der Waals surface area contributed by atoms with Crippen LogP contribution in [0, 0.1) is 6.92 Å². The minimum absolute atomic E-state index is 0.267. The highest BCUT2D eigenvalue weighted by Crippen LogP contribution is 2.31. The first-order valence-corrected chi connectivity index (χ1v) is 10.4. The highest BCUT2D eigenvalue weighted by molar-refractivity contribution is 5.93. The molecule has 0 saturated carbocycles. The summed E-state index contributed by atoms with van der Waals surface area (Å²) >= 11 is 0. The van der Waals surface area contributed by atoms with Crippen molar-refractivity contribution >= 4 is 22.9 Å². The fraction of sp³-hybridized carbons (Fsp3) is 0.375. The van der Waals surface area contributed by atoms with Crippen molar-refractivity contribution in [3.63, 3.8) is 0 Å². The predicted octanol–water partition coefficient (Wildman–Crippen LogP) is 4.72. The van der Waals surface area contributed by atoms with Crippen molar-refractivity contribution in [3.05, 3.63) is 58.4 Å². The van der Waals surface area contributed by atoms with Crippen molar-refractivity contribution in [2.24, 2.45) is 0 Å². The number of piperidine rings is 1. The number of aromatic nitrogens is 1. The molecule has 0 aliphatic carbocycles. The smallest absolute Gasteiger partial charge is 0.338 e. The van der Waals surface area contributed by atoms with Crippen LogP contribution in [0.4, 0.5) is 5.82 Å². The maximum Gasteiger partial charge on any atom is 0.338 e. The van der Waals surface area contributed by atoms with E-state index < -0.39 is 5.63 Å². The van der Waals surface area contributed by atoms with Crippen LogP contribution in [0.25, 0.3) is 22.2 Å². The highest BCUT2D eigenvalue weighted by Gasteiger charge is 2.30. The molecule has 3 aromatic rings. The molecule has 1 saturated heterocycles. The molecular formula is C24H28N2O4. The van der Waals surface area contributed by atoms with Crippen molar-refractivity contribution < 1.29 is 13.9 Å². The minimum Gasteiger partial charge on any atom is -0.467 e. The number of ether oxygens (including phenoxy) is 1. The third kappa shape index (κ3) is 4.22. The summed E-state index contributed by atoms with van der Waals surface area (Å²) in [5.74, 6) is 0.351. The fourth-order valence-electron chi connectivity index (χ4n) is 3.88. The van der Waals surface area contributed by atoms with Crippen LogP contribution in [0.5, 0.6) is 0 Å². The van der Waals surface area contributed by atoms with Gasteiger partial charge in [-0.3, -0.25) is 0 Å². The Balaban J connectivity index is 0.00000124. The third-order valence-electron chi connectivity index (χ3n) is 5.30. The van der Waals surface area contributed by atoms with Crippen LogP contribution in [0.15, 0.2) is 51.7 Å². The first kappa shape index (κ1) is 21.6. The Labute approximate surface area is 176 Å². The van der Waals surface area contributed by atoms with Gasteiger partial charge in [-0.2, -0.15) is 4.98 Å². The number of benzene rings is 1. The molecule has 4 rings (SSSR count). The van der Waals surface area contributed by atoms with Crippen LogP contribution < -0.4 is 10.5 Å². The topological polar surface area (TPSA) is 72.6 Å². The van der Waals surface area contributed by atoms with Gasteiger partial charge >= 0.3 is 11.6 Å². The molecular weight excluding hydrogens is 380 g/mol. The van der Waals surface area contributed by atoms with E-state index in [1.165, 1.54) is 13.2 Å². The number of carbonyl (C=O) groups excluding carboxylic acids is 1. The summed E-state index contributed by atoms with van der Waals surface area (Å²) in [6.07, 6.45) is 2.66. The minimum atomic E-state index is -0.446. The van der Waals surface area contributed by atoms with E-state index in [9.17, 15) is 9.59 Å². The number of methoxy groups -OCH3 is 1. The molecule has 0 N–H and O–H groups in total. The highest BCUT2D eigenvalue weighted by atomic mass is 16.5. The van der Waals surface area contributed by atoms with Crippen LogP contribution in [-0.2, 0) is 9.53 Å². The largest absolute Gasteiger partial charge is 0.467 e. The van der Waals surface area contributed by atoms with E-state index in [1.807, 2.05) is 62.1 Å². The van der Waals surface area contributed by atoms with Crippen molar-refractivity contribution in [3.8, 4) is 11.1 Å². The Hall–Kier alpha value is -3.15. The van der Waals surface area contributed by atoms with E-state index >= 15 is 0 Å². The molecule has 0 radical (unpaired) electrons. The zero-order valence-electron chi connectivity index (χ0n) is 18.0. The normalized spacial score (nSPS) is 16.0. The van der Waals surface area contributed by atoms with Gasteiger partial charge in [-0.25, -0.2) is 9.59 Å². The van der Waals surface area contributed by atoms with Crippen LogP contribution in [0.3, 0.4) is 0 Å². The summed E-state index contributed by atoms with van der Waals surface area (Å²) in [7, 11) is 1.40. The van der Waals surface area contributed by atoms with Gasteiger partial charge in [0.25, 0.3) is 0 Å². The molecule has 158 valence electrons. The van der Waals surface area contributed by atoms with Gasteiger partial charge in [0.05, 0.1) is 7.11 Å². The van der Waals surface area contributed by atoms with E-state index in [2.05, 4.69) is 4.98 Å². The molecule has 2 aromatic heterocycles. The number of pyridine rings is 1. The average molecular weight is 408 g/mol. The molecule has 1 fully saturated rings. The fourth-order valence-corrected chi connectivity index (χ4v) is 3.88. The summed E-state index contributed by atoms with van der Waals surface area (Å²) < 4.78 is 10.4. The van der Waals surface area contributed by atoms with Crippen molar-refractivity contribution in [2.75, 3.05) is 18.6 Å². The molecule has 0 amide bonds. The van der Waals surface area contributed by atoms with Crippen molar-refractivity contribution in [2.45, 2.75) is 46.1 Å². The molecule has 0 spiro atoms. The number of carbonyl (C=O) groups is 1. The molecule has 1 aromatic carbocycles. The summed E-state index contributed by atoms with van der Waals surface area (Å²) in [6.45, 7) is 6.71. The summed E-state index contributed by atoms with van der Waals surface area (Å²) in [5, 5.41) is 0.768. The first-order chi connectivity index (χ1) is 14.6. The lowest BCUT2D eigenvalue weighted by Gasteiger charge is -2.34. The van der Waals surface area contributed by atoms with Gasteiger partial charge in [-0.1, -0.05) is 38.1 Å². The Morgan fingerprint density at radius 1 is 1.13 bits per heavy atom. The zero-order chi connectivity index (χ0) is 21.7. The Morgan fingerprint density at radius 2 is 1.90 bits per heavy atom. The van der Waals surface area contributed by atoms with Gasteiger partial charge in [-0.05, 0) is 49.4 Å². The number of anilines is 1. The maximum absolute atomic E-state index is 12.2. The van der Waals surface area contributed by atoms with Crippen LogP contribution in [0.1, 0.15) is 38.7 Å². The van der Waals surface area contributed by atoms with Gasteiger partial charge in [0.2, 0.25) is 5.71 Å².